The van der Waals surface area contributed by atoms with Gasteiger partial charge >= 0.3 is 0 Å². The Morgan fingerprint density at radius 3 is 2.67 bits per heavy atom. The second-order valence-corrected chi connectivity index (χ2v) is 5.42. The number of methoxy groups -OCH3 is 1. The molecule has 0 bridgehead atoms. The van der Waals surface area contributed by atoms with Gasteiger partial charge in [0.15, 0.2) is 0 Å². The summed E-state index contributed by atoms with van der Waals surface area (Å²) < 4.78 is 5.07. The summed E-state index contributed by atoms with van der Waals surface area (Å²) >= 11 is 5.89. The van der Waals surface area contributed by atoms with Crippen molar-refractivity contribution in [1.29, 1.82) is 0 Å². The van der Waals surface area contributed by atoms with E-state index in [1.807, 2.05) is 37.3 Å². The van der Waals surface area contributed by atoms with Gasteiger partial charge in [-0.25, -0.2) is 0 Å². The quantitative estimate of drug-likeness (QED) is 0.863. The van der Waals surface area contributed by atoms with Gasteiger partial charge in [-0.15, -0.1) is 0 Å². The lowest BCUT2D eigenvalue weighted by molar-refractivity contribution is 0.171. The minimum Gasteiger partial charge on any atom is -0.383 e. The van der Waals surface area contributed by atoms with E-state index in [4.69, 9.17) is 16.3 Å². The first-order valence-corrected chi connectivity index (χ1v) is 7.18. The molecule has 1 unspecified atom stereocenters. The number of rotatable bonds is 6. The average Bonchev–Trinajstić information content (AvgIpc) is 2.48. The molecule has 2 rings (SSSR count). The summed E-state index contributed by atoms with van der Waals surface area (Å²) in [7, 11) is 1.66. The van der Waals surface area contributed by atoms with Gasteiger partial charge < -0.3 is 15.0 Å². The van der Waals surface area contributed by atoms with Crippen molar-refractivity contribution in [2.24, 2.45) is 0 Å². The lowest BCUT2D eigenvalue weighted by Crippen LogP contribution is -2.31. The number of hydrogen-bond donors (Lipinski definition) is 2. The second kappa shape index (κ2) is 7.41. The number of nitrogens with one attached hydrogen (secondary N) is 2. The highest BCUT2D eigenvalue weighted by atomic mass is 35.5. The zero-order valence-corrected chi connectivity index (χ0v) is 12.9. The van der Waals surface area contributed by atoms with E-state index < -0.39 is 0 Å². The standard InChI is InChI=1S/C16H19ClN2O2/c1-11(10-21-2)18-9-14-7-13(8-19-16(14)20)12-3-5-15(17)6-4-12/h3-8,11,18H,9-10H2,1-2H3,(H,19,20). The molecule has 0 radical (unpaired) electrons. The van der Waals surface area contributed by atoms with Crippen molar-refractivity contribution in [2.75, 3.05) is 13.7 Å². The number of aromatic nitrogens is 1. The highest BCUT2D eigenvalue weighted by Crippen LogP contribution is 2.20. The van der Waals surface area contributed by atoms with Gasteiger partial charge in [-0.1, -0.05) is 23.7 Å². The number of benzene rings is 1. The maximum absolute atomic E-state index is 11.9. The molecule has 1 aromatic heterocycles. The van der Waals surface area contributed by atoms with Crippen LogP contribution in [0.1, 0.15) is 12.5 Å². The summed E-state index contributed by atoms with van der Waals surface area (Å²) in [6.45, 7) is 3.12. The van der Waals surface area contributed by atoms with Gasteiger partial charge in [0.2, 0.25) is 0 Å². The molecule has 0 fully saturated rings. The third-order valence-electron chi connectivity index (χ3n) is 3.22. The van der Waals surface area contributed by atoms with Crippen LogP contribution in [0.25, 0.3) is 11.1 Å². The van der Waals surface area contributed by atoms with Crippen LogP contribution in [0, 0.1) is 0 Å². The van der Waals surface area contributed by atoms with Crippen LogP contribution < -0.4 is 10.9 Å². The van der Waals surface area contributed by atoms with Crippen molar-refractivity contribution < 1.29 is 4.74 Å². The molecule has 0 aliphatic rings. The molecule has 0 saturated heterocycles. The van der Waals surface area contributed by atoms with E-state index in [-0.39, 0.29) is 11.6 Å². The fourth-order valence-corrected chi connectivity index (χ4v) is 2.19. The summed E-state index contributed by atoms with van der Waals surface area (Å²) in [4.78, 5) is 14.7. The van der Waals surface area contributed by atoms with Crippen molar-refractivity contribution in [2.45, 2.75) is 19.5 Å². The number of ether oxygens (including phenoxy) is 1. The van der Waals surface area contributed by atoms with Crippen molar-refractivity contribution in [3.63, 3.8) is 0 Å². The summed E-state index contributed by atoms with van der Waals surface area (Å²) in [5, 5.41) is 3.96. The summed E-state index contributed by atoms with van der Waals surface area (Å²) in [5.41, 5.74) is 2.60. The smallest absolute Gasteiger partial charge is 0.252 e. The van der Waals surface area contributed by atoms with Gasteiger partial charge in [0.25, 0.3) is 5.56 Å². The van der Waals surface area contributed by atoms with Crippen LogP contribution >= 0.6 is 11.6 Å². The van der Waals surface area contributed by atoms with Gasteiger partial charge in [0, 0.05) is 36.5 Å². The molecular weight excluding hydrogens is 288 g/mol. The third-order valence-corrected chi connectivity index (χ3v) is 3.47. The number of aromatic amines is 1. The molecule has 4 nitrogen and oxygen atoms in total. The fourth-order valence-electron chi connectivity index (χ4n) is 2.06. The van der Waals surface area contributed by atoms with Crippen molar-refractivity contribution in [1.82, 2.24) is 10.3 Å². The average molecular weight is 307 g/mol. The molecule has 1 atom stereocenters. The lowest BCUT2D eigenvalue weighted by atomic mass is 10.1. The van der Waals surface area contributed by atoms with E-state index in [1.165, 1.54) is 0 Å². The molecule has 0 spiro atoms. The van der Waals surface area contributed by atoms with E-state index >= 15 is 0 Å². The van der Waals surface area contributed by atoms with Crippen molar-refractivity contribution in [3.8, 4) is 11.1 Å². The maximum atomic E-state index is 11.9. The summed E-state index contributed by atoms with van der Waals surface area (Å²) in [6.07, 6.45) is 1.72. The number of hydrogen-bond acceptors (Lipinski definition) is 3. The number of H-pyrrole nitrogens is 1. The number of pyridine rings is 1. The Hall–Kier alpha value is -1.62. The SMILES string of the molecule is COCC(C)NCc1cc(-c2ccc(Cl)cc2)c[nH]c1=O. The highest BCUT2D eigenvalue weighted by Gasteiger charge is 2.06. The minimum absolute atomic E-state index is 0.0789. The predicted octanol–water partition coefficient (Wildman–Crippen LogP) is 2.82. The predicted molar refractivity (Wildman–Crippen MR) is 85.7 cm³/mol. The van der Waals surface area contributed by atoms with Gasteiger partial charge in [-0.3, -0.25) is 4.79 Å². The van der Waals surface area contributed by atoms with Crippen molar-refractivity contribution in [3.05, 3.63) is 57.5 Å². The molecule has 0 amide bonds. The third kappa shape index (κ3) is 4.43. The first-order valence-electron chi connectivity index (χ1n) is 6.80. The molecule has 112 valence electrons. The van der Waals surface area contributed by atoms with Gasteiger partial charge in [-0.05, 0) is 36.2 Å². The molecule has 1 aromatic carbocycles. The topological polar surface area (TPSA) is 54.1 Å². The first kappa shape index (κ1) is 15.8. The Kier molecular flexibility index (Phi) is 5.56. The summed E-state index contributed by atoms with van der Waals surface area (Å²) in [5.74, 6) is 0. The molecule has 5 heteroatoms. The largest absolute Gasteiger partial charge is 0.383 e. The molecule has 0 aliphatic carbocycles. The molecular formula is C16H19ClN2O2. The Labute approximate surface area is 129 Å². The van der Waals surface area contributed by atoms with Crippen LogP contribution in [0.5, 0.6) is 0 Å². The van der Waals surface area contributed by atoms with E-state index in [1.54, 1.807) is 13.3 Å². The Morgan fingerprint density at radius 1 is 1.29 bits per heavy atom. The zero-order valence-electron chi connectivity index (χ0n) is 12.2. The molecule has 0 aliphatic heterocycles. The monoisotopic (exact) mass is 306 g/mol. The molecule has 1 heterocycles. The van der Waals surface area contributed by atoms with Gasteiger partial charge in [0.1, 0.15) is 0 Å². The second-order valence-electron chi connectivity index (χ2n) is 4.99. The number of halogens is 1. The van der Waals surface area contributed by atoms with Crippen LogP contribution in [-0.4, -0.2) is 24.7 Å². The van der Waals surface area contributed by atoms with E-state index in [0.29, 0.717) is 23.7 Å². The van der Waals surface area contributed by atoms with Crippen LogP contribution in [0.2, 0.25) is 5.02 Å². The minimum atomic E-state index is -0.0789. The summed E-state index contributed by atoms with van der Waals surface area (Å²) in [6, 6.07) is 9.62. The molecule has 21 heavy (non-hydrogen) atoms. The fraction of sp³-hybridized carbons (Fsp3) is 0.312. The lowest BCUT2D eigenvalue weighted by Gasteiger charge is -2.12. The zero-order chi connectivity index (χ0) is 15.2. The Bertz CT molecular complexity index is 637. The van der Waals surface area contributed by atoms with Gasteiger partial charge in [0.05, 0.1) is 6.61 Å². The normalized spacial score (nSPS) is 12.3. The van der Waals surface area contributed by atoms with E-state index in [2.05, 4.69) is 10.3 Å². The maximum Gasteiger partial charge on any atom is 0.252 e. The van der Waals surface area contributed by atoms with E-state index in [0.717, 1.165) is 11.1 Å². The van der Waals surface area contributed by atoms with Gasteiger partial charge in [-0.2, -0.15) is 0 Å². The highest BCUT2D eigenvalue weighted by molar-refractivity contribution is 6.30. The Balaban J connectivity index is 2.17. The molecule has 2 aromatic rings. The van der Waals surface area contributed by atoms with Crippen LogP contribution in [0.3, 0.4) is 0 Å². The van der Waals surface area contributed by atoms with Crippen molar-refractivity contribution >= 4 is 11.6 Å². The van der Waals surface area contributed by atoms with E-state index in [9.17, 15) is 4.79 Å². The first-order chi connectivity index (χ1) is 10.1. The molecule has 0 saturated carbocycles. The van der Waals surface area contributed by atoms with Crippen LogP contribution in [-0.2, 0) is 11.3 Å². The Morgan fingerprint density at radius 2 is 2.00 bits per heavy atom. The molecule has 2 N–H and O–H groups in total. The van der Waals surface area contributed by atoms with Crippen LogP contribution in [0.4, 0.5) is 0 Å². The van der Waals surface area contributed by atoms with Crippen LogP contribution in [0.15, 0.2) is 41.3 Å².